The number of benzene rings is 1. The fourth-order valence-electron chi connectivity index (χ4n) is 3.08. The number of rotatable bonds is 5. The molecule has 25 heavy (non-hydrogen) atoms. The Labute approximate surface area is 148 Å². The van der Waals surface area contributed by atoms with E-state index in [9.17, 15) is 9.90 Å². The fraction of sp³-hybridized carbons (Fsp3) is 0.350. The second kappa shape index (κ2) is 7.47. The van der Waals surface area contributed by atoms with E-state index in [0.717, 1.165) is 23.1 Å². The Morgan fingerprint density at radius 3 is 2.16 bits per heavy atom. The zero-order valence-electron chi connectivity index (χ0n) is 15.6. The van der Waals surface area contributed by atoms with Crippen molar-refractivity contribution in [2.75, 3.05) is 21.3 Å². The van der Waals surface area contributed by atoms with E-state index in [1.54, 1.807) is 12.1 Å². The van der Waals surface area contributed by atoms with Gasteiger partial charge < -0.3 is 19.5 Å². The first-order valence-corrected chi connectivity index (χ1v) is 8.18. The van der Waals surface area contributed by atoms with Crippen LogP contribution in [0.5, 0.6) is 11.5 Å². The van der Waals surface area contributed by atoms with E-state index in [1.165, 1.54) is 25.5 Å². The van der Waals surface area contributed by atoms with Gasteiger partial charge in [-0.1, -0.05) is 13.0 Å². The molecule has 0 saturated carbocycles. The molecule has 0 saturated heterocycles. The number of nitrogens with zero attached hydrogens (tertiary/aromatic N) is 1. The Hall–Kier alpha value is -2.69. The molecule has 134 valence electrons. The Balaban J connectivity index is 2.65. The number of likely N-dealkylation sites (N-methyl/N-ethyl adjacent to an activating group) is 1. The third-order valence-electron chi connectivity index (χ3n) is 4.48. The highest BCUT2D eigenvalue weighted by molar-refractivity contribution is 5.96. The van der Waals surface area contributed by atoms with E-state index < -0.39 is 5.97 Å². The summed E-state index contributed by atoms with van der Waals surface area (Å²) >= 11 is 0. The summed E-state index contributed by atoms with van der Waals surface area (Å²) in [5.41, 5.74) is 5.43. The number of methoxy groups -OCH3 is 2. The summed E-state index contributed by atoms with van der Waals surface area (Å²) in [5.74, 6) is -0.511. The average molecular weight is 343 g/mol. The van der Waals surface area contributed by atoms with Gasteiger partial charge in [-0.3, -0.25) is 0 Å². The Morgan fingerprint density at radius 1 is 1.16 bits per heavy atom. The standard InChI is InChI=1S/C20H25NO4/c1-7-8-16-13(3)12(2)15(11-21(16)4)14-9-17(24-5)19(20(22)23)18(10-14)25-6/h8-11H,7H2,1-6H3,(H,22,23)/b16-8+. The number of hydrogen-bond acceptors (Lipinski definition) is 4. The number of allylic oxidation sites excluding steroid dienone is 4. The summed E-state index contributed by atoms with van der Waals surface area (Å²) in [6, 6.07) is 3.49. The van der Waals surface area contributed by atoms with Crippen LogP contribution in [0.2, 0.25) is 0 Å². The fourth-order valence-corrected chi connectivity index (χ4v) is 3.08. The lowest BCUT2D eigenvalue weighted by atomic mass is 9.90. The summed E-state index contributed by atoms with van der Waals surface area (Å²) in [7, 11) is 4.93. The van der Waals surface area contributed by atoms with Crippen molar-refractivity contribution in [2.45, 2.75) is 27.2 Å². The maximum Gasteiger partial charge on any atom is 0.343 e. The van der Waals surface area contributed by atoms with Crippen LogP contribution in [0.3, 0.4) is 0 Å². The molecule has 1 aromatic rings. The van der Waals surface area contributed by atoms with E-state index in [2.05, 4.69) is 37.9 Å². The SMILES string of the molecule is CC/C=C1\C(C)=C(C)C(c2cc(OC)c(C(=O)O)c(OC)c2)=CN1C. The lowest BCUT2D eigenvalue weighted by Gasteiger charge is -2.29. The first kappa shape index (κ1) is 18.6. The molecule has 0 fully saturated rings. The first-order valence-electron chi connectivity index (χ1n) is 8.18. The molecule has 0 aliphatic carbocycles. The molecule has 0 unspecified atom stereocenters. The topological polar surface area (TPSA) is 59.0 Å². The zero-order chi connectivity index (χ0) is 18.7. The molecule has 5 heteroatoms. The molecule has 1 aromatic carbocycles. The zero-order valence-corrected chi connectivity index (χ0v) is 15.6. The van der Waals surface area contributed by atoms with Crippen LogP contribution in [0, 0.1) is 0 Å². The molecule has 1 heterocycles. The van der Waals surface area contributed by atoms with E-state index in [-0.39, 0.29) is 17.1 Å². The summed E-state index contributed by atoms with van der Waals surface area (Å²) in [6.07, 6.45) is 5.21. The van der Waals surface area contributed by atoms with Gasteiger partial charge in [-0.25, -0.2) is 4.79 Å². The number of aromatic carboxylic acids is 1. The second-order valence-electron chi connectivity index (χ2n) is 5.96. The van der Waals surface area contributed by atoms with Gasteiger partial charge in [-0.15, -0.1) is 0 Å². The molecule has 5 nitrogen and oxygen atoms in total. The van der Waals surface area contributed by atoms with Gasteiger partial charge in [0.2, 0.25) is 0 Å². The molecule has 1 N–H and O–H groups in total. The lowest BCUT2D eigenvalue weighted by molar-refractivity contribution is 0.0689. The van der Waals surface area contributed by atoms with Crippen LogP contribution < -0.4 is 9.47 Å². The third kappa shape index (κ3) is 3.40. The number of carboxylic acid groups (broad SMARTS) is 1. The van der Waals surface area contributed by atoms with Crippen LogP contribution in [0.25, 0.3) is 5.57 Å². The smallest absolute Gasteiger partial charge is 0.343 e. The minimum Gasteiger partial charge on any atom is -0.496 e. The van der Waals surface area contributed by atoms with Crippen molar-refractivity contribution in [2.24, 2.45) is 0 Å². The van der Waals surface area contributed by atoms with Crippen LogP contribution in [-0.4, -0.2) is 37.2 Å². The number of carbonyl (C=O) groups is 1. The minimum absolute atomic E-state index is 0.0310. The van der Waals surface area contributed by atoms with Crippen LogP contribution in [0.4, 0.5) is 0 Å². The summed E-state index contributed by atoms with van der Waals surface area (Å²) in [6.45, 7) is 6.28. The van der Waals surface area contributed by atoms with Crippen LogP contribution in [0.15, 0.2) is 41.3 Å². The number of ether oxygens (including phenoxy) is 2. The van der Waals surface area contributed by atoms with Gasteiger partial charge in [-0.05, 0) is 49.1 Å². The van der Waals surface area contributed by atoms with Crippen molar-refractivity contribution < 1.29 is 19.4 Å². The van der Waals surface area contributed by atoms with Crippen molar-refractivity contribution in [3.63, 3.8) is 0 Å². The van der Waals surface area contributed by atoms with Crippen molar-refractivity contribution in [3.8, 4) is 11.5 Å². The first-order chi connectivity index (χ1) is 11.8. The highest BCUT2D eigenvalue weighted by Gasteiger charge is 2.23. The molecular formula is C20H25NO4. The Kier molecular flexibility index (Phi) is 5.57. The molecule has 0 amide bonds. The molecule has 0 aromatic heterocycles. The van der Waals surface area contributed by atoms with Gasteiger partial charge in [0.25, 0.3) is 0 Å². The largest absolute Gasteiger partial charge is 0.496 e. The van der Waals surface area contributed by atoms with Crippen molar-refractivity contribution in [3.05, 3.63) is 52.4 Å². The van der Waals surface area contributed by atoms with E-state index in [0.29, 0.717) is 0 Å². The third-order valence-corrected chi connectivity index (χ3v) is 4.48. The Morgan fingerprint density at radius 2 is 1.72 bits per heavy atom. The summed E-state index contributed by atoms with van der Waals surface area (Å²) < 4.78 is 10.6. The van der Waals surface area contributed by atoms with Crippen LogP contribution in [0.1, 0.15) is 43.1 Å². The van der Waals surface area contributed by atoms with Gasteiger partial charge >= 0.3 is 5.97 Å². The van der Waals surface area contributed by atoms with Gasteiger partial charge in [0, 0.05) is 24.5 Å². The summed E-state index contributed by atoms with van der Waals surface area (Å²) in [4.78, 5) is 13.6. The molecule has 0 radical (unpaired) electrons. The predicted molar refractivity (Wildman–Crippen MR) is 99.0 cm³/mol. The average Bonchev–Trinajstić information content (AvgIpc) is 2.60. The molecular weight excluding hydrogens is 318 g/mol. The lowest BCUT2D eigenvalue weighted by Crippen LogP contribution is -2.18. The van der Waals surface area contributed by atoms with Gasteiger partial charge in [0.15, 0.2) is 0 Å². The second-order valence-corrected chi connectivity index (χ2v) is 5.96. The minimum atomic E-state index is -1.08. The highest BCUT2D eigenvalue weighted by atomic mass is 16.5. The van der Waals surface area contributed by atoms with Crippen molar-refractivity contribution in [1.82, 2.24) is 4.90 Å². The number of carboxylic acids is 1. The molecule has 2 rings (SSSR count). The van der Waals surface area contributed by atoms with Gasteiger partial charge in [0.05, 0.1) is 14.2 Å². The summed E-state index contributed by atoms with van der Waals surface area (Å²) in [5, 5.41) is 9.44. The molecule has 1 aliphatic rings. The normalized spacial score (nSPS) is 16.2. The highest BCUT2D eigenvalue weighted by Crippen LogP contribution is 2.39. The maximum atomic E-state index is 11.5. The van der Waals surface area contributed by atoms with Crippen LogP contribution in [-0.2, 0) is 0 Å². The van der Waals surface area contributed by atoms with E-state index in [4.69, 9.17) is 9.47 Å². The van der Waals surface area contributed by atoms with Crippen LogP contribution >= 0.6 is 0 Å². The van der Waals surface area contributed by atoms with E-state index in [1.807, 2.05) is 7.05 Å². The quantitative estimate of drug-likeness (QED) is 0.863. The molecule has 0 spiro atoms. The van der Waals surface area contributed by atoms with Gasteiger partial charge in [-0.2, -0.15) is 0 Å². The van der Waals surface area contributed by atoms with Gasteiger partial charge in [0.1, 0.15) is 17.1 Å². The molecule has 0 atom stereocenters. The Bertz CT molecular complexity index is 762. The number of hydrogen-bond donors (Lipinski definition) is 1. The predicted octanol–water partition coefficient (Wildman–Crippen LogP) is 4.32. The molecule has 0 bridgehead atoms. The van der Waals surface area contributed by atoms with Crippen molar-refractivity contribution >= 4 is 11.5 Å². The van der Waals surface area contributed by atoms with Crippen molar-refractivity contribution in [1.29, 1.82) is 0 Å². The monoisotopic (exact) mass is 343 g/mol. The van der Waals surface area contributed by atoms with E-state index >= 15 is 0 Å². The molecule has 1 aliphatic heterocycles. The maximum absolute atomic E-state index is 11.5.